The van der Waals surface area contributed by atoms with E-state index in [1.165, 1.54) is 7.11 Å². The molecule has 2 rings (SSSR count). The maximum absolute atomic E-state index is 5.32. The van der Waals surface area contributed by atoms with Gasteiger partial charge in [-0.05, 0) is 26.0 Å². The van der Waals surface area contributed by atoms with E-state index in [1.54, 1.807) is 6.26 Å². The zero-order chi connectivity index (χ0) is 14.4. The van der Waals surface area contributed by atoms with Gasteiger partial charge in [0.2, 0.25) is 11.9 Å². The minimum atomic E-state index is 0.128. The Kier molecular flexibility index (Phi) is 4.75. The second-order valence-electron chi connectivity index (χ2n) is 4.33. The molecule has 0 radical (unpaired) electrons. The molecule has 1 unspecified atom stereocenters. The van der Waals surface area contributed by atoms with E-state index < -0.39 is 0 Å². The Bertz CT molecular complexity index is 530. The third-order valence-electron chi connectivity index (χ3n) is 2.60. The van der Waals surface area contributed by atoms with Gasteiger partial charge in [0.1, 0.15) is 5.76 Å². The average Bonchev–Trinajstić information content (AvgIpc) is 2.91. The van der Waals surface area contributed by atoms with Gasteiger partial charge in [0.25, 0.3) is 0 Å². The molecule has 2 aromatic heterocycles. The molecule has 0 aliphatic heterocycles. The monoisotopic (exact) mass is 277 g/mol. The molecule has 0 fully saturated rings. The lowest BCUT2D eigenvalue weighted by Crippen LogP contribution is -2.20. The minimum absolute atomic E-state index is 0.128. The highest BCUT2D eigenvalue weighted by Gasteiger charge is 2.10. The van der Waals surface area contributed by atoms with E-state index in [1.807, 2.05) is 26.0 Å². The van der Waals surface area contributed by atoms with Crippen LogP contribution >= 0.6 is 0 Å². The molecule has 2 N–H and O–H groups in total. The highest BCUT2D eigenvalue weighted by atomic mass is 16.5. The molecule has 2 aromatic rings. The van der Waals surface area contributed by atoms with E-state index in [4.69, 9.17) is 9.15 Å². The Morgan fingerprint density at radius 2 is 2.10 bits per heavy atom. The van der Waals surface area contributed by atoms with Gasteiger partial charge in [0.15, 0.2) is 0 Å². The molecule has 0 aliphatic carbocycles. The quantitative estimate of drug-likeness (QED) is 0.800. The van der Waals surface area contributed by atoms with Crippen LogP contribution < -0.4 is 15.4 Å². The summed E-state index contributed by atoms with van der Waals surface area (Å²) < 4.78 is 10.4. The highest BCUT2D eigenvalue weighted by molar-refractivity contribution is 5.36. The summed E-state index contributed by atoms with van der Waals surface area (Å²) in [5, 5.41) is 6.25. The lowest BCUT2D eigenvalue weighted by molar-refractivity contribution is 0.379. The fraction of sp³-hybridized carbons (Fsp3) is 0.462. The second kappa shape index (κ2) is 6.74. The van der Waals surface area contributed by atoms with Crippen LogP contribution in [0.4, 0.5) is 11.9 Å². The molecule has 0 amide bonds. The molecular weight excluding hydrogens is 258 g/mol. The van der Waals surface area contributed by atoms with Crippen molar-refractivity contribution in [2.45, 2.75) is 26.3 Å². The van der Waals surface area contributed by atoms with Crippen LogP contribution in [-0.4, -0.2) is 34.6 Å². The average molecular weight is 277 g/mol. The summed E-state index contributed by atoms with van der Waals surface area (Å²) in [4.78, 5) is 12.6. The molecule has 7 heteroatoms. The van der Waals surface area contributed by atoms with Crippen LogP contribution in [0.2, 0.25) is 0 Å². The van der Waals surface area contributed by atoms with E-state index in [9.17, 15) is 0 Å². The van der Waals surface area contributed by atoms with E-state index in [0.29, 0.717) is 11.9 Å². The van der Waals surface area contributed by atoms with Gasteiger partial charge in [-0.2, -0.15) is 15.0 Å². The number of nitrogens with one attached hydrogen (secondary N) is 2. The zero-order valence-electron chi connectivity index (χ0n) is 11.9. The number of ether oxygens (including phenoxy) is 1. The Morgan fingerprint density at radius 3 is 2.75 bits per heavy atom. The van der Waals surface area contributed by atoms with Crippen molar-refractivity contribution >= 4 is 11.9 Å². The summed E-state index contributed by atoms with van der Waals surface area (Å²) in [6.45, 7) is 4.74. The standard InChI is InChI=1S/C13H19N5O2/c1-4-14-11-16-12(18-13(17-11)19-3)15-9(2)8-10-6-5-7-20-10/h5-7,9H,4,8H2,1-3H3,(H2,14,15,16,17,18). The smallest absolute Gasteiger partial charge is 0.322 e. The van der Waals surface area contributed by atoms with Crippen molar-refractivity contribution in [1.29, 1.82) is 0 Å². The van der Waals surface area contributed by atoms with Crippen LogP contribution in [-0.2, 0) is 6.42 Å². The molecule has 0 spiro atoms. The number of furan rings is 1. The fourth-order valence-corrected chi connectivity index (χ4v) is 1.75. The SMILES string of the molecule is CCNc1nc(NC(C)Cc2ccco2)nc(OC)n1. The first-order valence-electron chi connectivity index (χ1n) is 6.54. The summed E-state index contributed by atoms with van der Waals surface area (Å²) in [5.41, 5.74) is 0. The van der Waals surface area contributed by atoms with Crippen LogP contribution in [0.25, 0.3) is 0 Å². The predicted octanol–water partition coefficient (Wildman–Crippen LogP) is 1.95. The fourth-order valence-electron chi connectivity index (χ4n) is 1.75. The highest BCUT2D eigenvalue weighted by Crippen LogP contribution is 2.13. The number of rotatable bonds is 7. The van der Waals surface area contributed by atoms with Gasteiger partial charge in [-0.25, -0.2) is 0 Å². The third kappa shape index (κ3) is 3.84. The van der Waals surface area contributed by atoms with Gasteiger partial charge in [-0.3, -0.25) is 0 Å². The summed E-state index contributed by atoms with van der Waals surface area (Å²) in [6.07, 6.45) is 2.41. The van der Waals surface area contributed by atoms with Gasteiger partial charge in [-0.1, -0.05) is 0 Å². The first-order chi connectivity index (χ1) is 9.71. The van der Waals surface area contributed by atoms with Gasteiger partial charge in [0.05, 0.1) is 13.4 Å². The largest absolute Gasteiger partial charge is 0.469 e. The zero-order valence-corrected chi connectivity index (χ0v) is 11.9. The number of hydrogen-bond donors (Lipinski definition) is 2. The Hall–Kier alpha value is -2.31. The van der Waals surface area contributed by atoms with Gasteiger partial charge in [-0.15, -0.1) is 0 Å². The normalized spacial score (nSPS) is 11.9. The molecule has 0 aromatic carbocycles. The molecule has 1 atom stereocenters. The first kappa shape index (κ1) is 14.1. The van der Waals surface area contributed by atoms with Gasteiger partial charge >= 0.3 is 6.01 Å². The lowest BCUT2D eigenvalue weighted by Gasteiger charge is -2.13. The molecule has 108 valence electrons. The molecule has 0 saturated carbocycles. The summed E-state index contributed by atoms with van der Waals surface area (Å²) in [6, 6.07) is 4.22. The van der Waals surface area contributed by atoms with Crippen LogP contribution in [0.1, 0.15) is 19.6 Å². The van der Waals surface area contributed by atoms with E-state index in [2.05, 4.69) is 25.6 Å². The molecular formula is C13H19N5O2. The number of anilines is 2. The maximum atomic E-state index is 5.32. The topological polar surface area (TPSA) is 85.1 Å². The third-order valence-corrected chi connectivity index (χ3v) is 2.60. The molecule has 2 heterocycles. The van der Waals surface area contributed by atoms with Crippen molar-refractivity contribution in [3.05, 3.63) is 24.2 Å². The van der Waals surface area contributed by atoms with Crippen molar-refractivity contribution in [2.24, 2.45) is 0 Å². The van der Waals surface area contributed by atoms with Gasteiger partial charge in [0, 0.05) is 19.0 Å². The molecule has 7 nitrogen and oxygen atoms in total. The summed E-state index contributed by atoms with van der Waals surface area (Å²) >= 11 is 0. The van der Waals surface area contributed by atoms with E-state index in [0.717, 1.165) is 18.7 Å². The number of hydrogen-bond acceptors (Lipinski definition) is 7. The minimum Gasteiger partial charge on any atom is -0.469 e. The van der Waals surface area contributed by atoms with Crippen molar-refractivity contribution < 1.29 is 9.15 Å². The van der Waals surface area contributed by atoms with Crippen molar-refractivity contribution in [1.82, 2.24) is 15.0 Å². The number of aromatic nitrogens is 3. The van der Waals surface area contributed by atoms with E-state index in [-0.39, 0.29) is 12.1 Å². The molecule has 0 aliphatic rings. The van der Waals surface area contributed by atoms with Crippen LogP contribution in [0.3, 0.4) is 0 Å². The van der Waals surface area contributed by atoms with Crippen LogP contribution in [0.5, 0.6) is 6.01 Å². The molecule has 0 saturated heterocycles. The number of methoxy groups -OCH3 is 1. The van der Waals surface area contributed by atoms with Crippen LogP contribution in [0.15, 0.2) is 22.8 Å². The molecule has 20 heavy (non-hydrogen) atoms. The van der Waals surface area contributed by atoms with Crippen molar-refractivity contribution in [3.63, 3.8) is 0 Å². The van der Waals surface area contributed by atoms with Crippen molar-refractivity contribution in [3.8, 4) is 6.01 Å². The molecule has 0 bridgehead atoms. The second-order valence-corrected chi connectivity index (χ2v) is 4.33. The maximum Gasteiger partial charge on any atom is 0.322 e. The first-order valence-corrected chi connectivity index (χ1v) is 6.54. The Labute approximate surface area is 117 Å². The lowest BCUT2D eigenvalue weighted by atomic mass is 10.2. The van der Waals surface area contributed by atoms with E-state index >= 15 is 0 Å². The van der Waals surface area contributed by atoms with Crippen LogP contribution in [0, 0.1) is 0 Å². The summed E-state index contributed by atoms with van der Waals surface area (Å²) in [5.74, 6) is 1.89. The summed E-state index contributed by atoms with van der Waals surface area (Å²) in [7, 11) is 1.53. The predicted molar refractivity (Wildman–Crippen MR) is 76.0 cm³/mol. The number of nitrogens with zero attached hydrogens (tertiary/aromatic N) is 3. The Morgan fingerprint density at radius 1 is 1.30 bits per heavy atom. The Balaban J connectivity index is 2.05. The van der Waals surface area contributed by atoms with Gasteiger partial charge < -0.3 is 19.8 Å². The van der Waals surface area contributed by atoms with Crippen molar-refractivity contribution in [2.75, 3.05) is 24.3 Å².